The molecular weight excluding hydrogens is 302 g/mol. The molecule has 24 heavy (non-hydrogen) atoms. The van der Waals surface area contributed by atoms with Crippen molar-refractivity contribution in [3.05, 3.63) is 59.4 Å². The second kappa shape index (κ2) is 7.93. The Kier molecular flexibility index (Phi) is 5.43. The van der Waals surface area contributed by atoms with E-state index < -0.39 is 0 Å². The number of nitrogens with zero attached hydrogens (tertiary/aromatic N) is 1. The number of hydrogen-bond donors (Lipinski definition) is 2. The molecule has 1 aromatic carbocycles. The zero-order valence-corrected chi connectivity index (χ0v) is 13.9. The molecule has 1 unspecified atom stereocenters. The van der Waals surface area contributed by atoms with Crippen LogP contribution in [0.3, 0.4) is 0 Å². The molecule has 2 heterocycles. The van der Waals surface area contributed by atoms with Crippen LogP contribution in [0.5, 0.6) is 0 Å². The summed E-state index contributed by atoms with van der Waals surface area (Å²) in [5, 5.41) is 6.54. The van der Waals surface area contributed by atoms with Gasteiger partial charge < -0.3 is 15.4 Å². The molecular formula is C19H23N3O2. The molecule has 0 radical (unpaired) electrons. The number of carbonyl (C=O) groups is 1. The number of benzene rings is 1. The Morgan fingerprint density at radius 1 is 1.38 bits per heavy atom. The van der Waals surface area contributed by atoms with Crippen LogP contribution in [-0.4, -0.2) is 30.6 Å². The van der Waals surface area contributed by atoms with Gasteiger partial charge in [0.05, 0.1) is 12.2 Å². The van der Waals surface area contributed by atoms with Crippen molar-refractivity contribution in [1.82, 2.24) is 10.3 Å². The van der Waals surface area contributed by atoms with Crippen molar-refractivity contribution in [2.45, 2.75) is 31.9 Å². The highest BCUT2D eigenvalue weighted by Crippen LogP contribution is 2.25. The molecule has 3 rings (SSSR count). The normalized spacial score (nSPS) is 16.1. The molecule has 1 aliphatic heterocycles. The first-order chi connectivity index (χ1) is 11.8. The van der Waals surface area contributed by atoms with Crippen LogP contribution in [0.25, 0.3) is 0 Å². The van der Waals surface area contributed by atoms with E-state index in [1.807, 2.05) is 6.07 Å². The van der Waals surface area contributed by atoms with E-state index in [0.717, 1.165) is 24.8 Å². The summed E-state index contributed by atoms with van der Waals surface area (Å²) in [6.45, 7) is 1.10. The molecule has 5 nitrogen and oxygen atoms in total. The van der Waals surface area contributed by atoms with Crippen LogP contribution < -0.4 is 10.6 Å². The van der Waals surface area contributed by atoms with E-state index in [4.69, 9.17) is 4.74 Å². The first kappa shape index (κ1) is 16.5. The number of carbonyl (C=O) groups excluding carboxylic acids is 1. The average molecular weight is 325 g/mol. The monoisotopic (exact) mass is 325 g/mol. The van der Waals surface area contributed by atoms with Crippen LogP contribution in [0.1, 0.15) is 34.3 Å². The van der Waals surface area contributed by atoms with E-state index in [1.165, 1.54) is 11.3 Å². The molecule has 2 N–H and O–H groups in total. The highest BCUT2D eigenvalue weighted by atomic mass is 16.5. The molecule has 2 aromatic rings. The number of nitrogens with one attached hydrogen (secondary N) is 2. The number of rotatable bonds is 6. The van der Waals surface area contributed by atoms with Crippen LogP contribution in [-0.2, 0) is 17.8 Å². The first-order valence-electron chi connectivity index (χ1n) is 8.32. The summed E-state index contributed by atoms with van der Waals surface area (Å²) in [5.41, 5.74) is 4.07. The molecule has 0 aliphatic carbocycles. The SMILES string of the molecule is COCc1cncc(C(=O)NCCC2CCc3ccccc3N2)c1. The highest BCUT2D eigenvalue weighted by molar-refractivity contribution is 5.93. The van der Waals surface area contributed by atoms with Crippen LogP contribution >= 0.6 is 0 Å². The van der Waals surface area contributed by atoms with Crippen LogP contribution in [0.4, 0.5) is 5.69 Å². The summed E-state index contributed by atoms with van der Waals surface area (Å²) in [4.78, 5) is 16.3. The Balaban J connectivity index is 1.48. The summed E-state index contributed by atoms with van der Waals surface area (Å²) in [6, 6.07) is 10.6. The first-order valence-corrected chi connectivity index (χ1v) is 8.32. The lowest BCUT2D eigenvalue weighted by atomic mass is 9.96. The molecule has 0 saturated heterocycles. The number of aromatic nitrogens is 1. The van der Waals surface area contributed by atoms with Gasteiger partial charge in [-0.05, 0) is 42.5 Å². The van der Waals surface area contributed by atoms with Gasteiger partial charge in [-0.3, -0.25) is 9.78 Å². The number of amides is 1. The van der Waals surface area contributed by atoms with E-state index in [0.29, 0.717) is 24.8 Å². The van der Waals surface area contributed by atoms with Crippen molar-refractivity contribution in [1.29, 1.82) is 0 Å². The Bertz CT molecular complexity index is 703. The Morgan fingerprint density at radius 2 is 2.25 bits per heavy atom. The average Bonchev–Trinajstić information content (AvgIpc) is 2.62. The van der Waals surface area contributed by atoms with Crippen LogP contribution in [0, 0.1) is 0 Å². The zero-order valence-electron chi connectivity index (χ0n) is 13.9. The lowest BCUT2D eigenvalue weighted by Crippen LogP contribution is -2.32. The maximum atomic E-state index is 12.2. The van der Waals surface area contributed by atoms with E-state index in [9.17, 15) is 4.79 Å². The maximum Gasteiger partial charge on any atom is 0.252 e. The molecule has 0 spiro atoms. The fourth-order valence-electron chi connectivity index (χ4n) is 3.04. The van der Waals surface area contributed by atoms with Crippen molar-refractivity contribution < 1.29 is 9.53 Å². The minimum atomic E-state index is -0.0864. The van der Waals surface area contributed by atoms with Crippen molar-refractivity contribution in [3.63, 3.8) is 0 Å². The third-order valence-electron chi connectivity index (χ3n) is 4.29. The Hall–Kier alpha value is -2.40. The molecule has 1 amide bonds. The van der Waals surface area contributed by atoms with Crippen LogP contribution in [0.15, 0.2) is 42.7 Å². The topological polar surface area (TPSA) is 63.2 Å². The van der Waals surface area contributed by atoms with Gasteiger partial charge in [-0.25, -0.2) is 0 Å². The summed E-state index contributed by atoms with van der Waals surface area (Å²) in [7, 11) is 1.63. The second-order valence-corrected chi connectivity index (χ2v) is 6.10. The van der Waals surface area contributed by atoms with E-state index >= 15 is 0 Å². The summed E-state index contributed by atoms with van der Waals surface area (Å²) < 4.78 is 5.07. The zero-order chi connectivity index (χ0) is 16.8. The van der Waals surface area contributed by atoms with Crippen molar-refractivity contribution in [2.75, 3.05) is 19.0 Å². The second-order valence-electron chi connectivity index (χ2n) is 6.10. The van der Waals surface area contributed by atoms with Crippen molar-refractivity contribution >= 4 is 11.6 Å². The van der Waals surface area contributed by atoms with Gasteiger partial charge >= 0.3 is 0 Å². The quantitative estimate of drug-likeness (QED) is 0.857. The number of hydrogen-bond acceptors (Lipinski definition) is 4. The predicted molar refractivity (Wildman–Crippen MR) is 94.1 cm³/mol. The highest BCUT2D eigenvalue weighted by Gasteiger charge is 2.17. The van der Waals surface area contributed by atoms with Crippen LogP contribution in [0.2, 0.25) is 0 Å². The summed E-state index contributed by atoms with van der Waals surface area (Å²) >= 11 is 0. The maximum absolute atomic E-state index is 12.2. The molecule has 0 fully saturated rings. The number of aryl methyl sites for hydroxylation is 1. The van der Waals surface area contributed by atoms with Gasteiger partial charge in [-0.2, -0.15) is 0 Å². The van der Waals surface area contributed by atoms with E-state index in [1.54, 1.807) is 19.5 Å². The number of fused-ring (bicyclic) bond motifs is 1. The Labute approximate surface area is 142 Å². The lowest BCUT2D eigenvalue weighted by molar-refractivity contribution is 0.0952. The minimum absolute atomic E-state index is 0.0864. The number of anilines is 1. The van der Waals surface area contributed by atoms with E-state index in [-0.39, 0.29) is 5.91 Å². The van der Waals surface area contributed by atoms with Gasteiger partial charge in [0, 0.05) is 37.8 Å². The number of para-hydroxylation sites is 1. The largest absolute Gasteiger partial charge is 0.382 e. The van der Waals surface area contributed by atoms with E-state index in [2.05, 4.69) is 39.9 Å². The van der Waals surface area contributed by atoms with Crippen molar-refractivity contribution in [3.8, 4) is 0 Å². The molecule has 1 aliphatic rings. The minimum Gasteiger partial charge on any atom is -0.382 e. The molecule has 126 valence electrons. The molecule has 5 heteroatoms. The number of methoxy groups -OCH3 is 1. The van der Waals surface area contributed by atoms with Gasteiger partial charge in [0.25, 0.3) is 5.91 Å². The fraction of sp³-hybridized carbons (Fsp3) is 0.368. The van der Waals surface area contributed by atoms with Gasteiger partial charge in [-0.15, -0.1) is 0 Å². The van der Waals surface area contributed by atoms with Crippen molar-refractivity contribution in [2.24, 2.45) is 0 Å². The lowest BCUT2D eigenvalue weighted by Gasteiger charge is -2.27. The molecule has 0 saturated carbocycles. The smallest absolute Gasteiger partial charge is 0.252 e. The predicted octanol–water partition coefficient (Wildman–Crippen LogP) is 2.77. The molecule has 0 bridgehead atoms. The van der Waals surface area contributed by atoms with Gasteiger partial charge in [0.1, 0.15) is 0 Å². The van der Waals surface area contributed by atoms with Gasteiger partial charge in [0.15, 0.2) is 0 Å². The number of pyridine rings is 1. The Morgan fingerprint density at radius 3 is 3.12 bits per heavy atom. The molecule has 1 atom stereocenters. The number of ether oxygens (including phenoxy) is 1. The standard InChI is InChI=1S/C19H23N3O2/c1-24-13-14-10-16(12-20-11-14)19(23)21-9-8-17-7-6-15-4-2-3-5-18(15)22-17/h2-5,10-12,17,22H,6-9,13H2,1H3,(H,21,23). The summed E-state index contributed by atoms with van der Waals surface area (Å²) in [6.07, 6.45) is 6.39. The third-order valence-corrected chi connectivity index (χ3v) is 4.29. The van der Waals surface area contributed by atoms with Gasteiger partial charge in [-0.1, -0.05) is 18.2 Å². The summed E-state index contributed by atoms with van der Waals surface area (Å²) in [5.74, 6) is -0.0864. The molecule has 1 aromatic heterocycles. The van der Waals surface area contributed by atoms with Gasteiger partial charge in [0.2, 0.25) is 0 Å². The third kappa shape index (κ3) is 4.11. The fourth-order valence-corrected chi connectivity index (χ4v) is 3.04.